The summed E-state index contributed by atoms with van der Waals surface area (Å²) in [6, 6.07) is 9.12. The van der Waals surface area contributed by atoms with Gasteiger partial charge >= 0.3 is 0 Å². The first-order valence-corrected chi connectivity index (χ1v) is 9.59. The quantitative estimate of drug-likeness (QED) is 0.851. The van der Waals surface area contributed by atoms with Gasteiger partial charge in [-0.3, -0.25) is 9.69 Å². The van der Waals surface area contributed by atoms with E-state index in [1.165, 1.54) is 6.42 Å². The molecular formula is C20H32ClN3O2. The molecule has 2 heterocycles. The summed E-state index contributed by atoms with van der Waals surface area (Å²) in [5, 5.41) is 3.52. The van der Waals surface area contributed by atoms with E-state index < -0.39 is 0 Å². The van der Waals surface area contributed by atoms with Crippen LogP contribution in [-0.4, -0.2) is 60.6 Å². The van der Waals surface area contributed by atoms with E-state index in [-0.39, 0.29) is 24.9 Å². The maximum absolute atomic E-state index is 12.4. The number of hydrogen-bond acceptors (Lipinski definition) is 4. The summed E-state index contributed by atoms with van der Waals surface area (Å²) in [6.07, 6.45) is 3.46. The highest BCUT2D eigenvalue weighted by molar-refractivity contribution is 5.85. The van der Waals surface area contributed by atoms with Gasteiger partial charge in [-0.25, -0.2) is 0 Å². The van der Waals surface area contributed by atoms with Gasteiger partial charge in [-0.05, 0) is 39.2 Å². The number of piperidine rings is 1. The van der Waals surface area contributed by atoms with Gasteiger partial charge in [0.2, 0.25) is 0 Å². The van der Waals surface area contributed by atoms with Gasteiger partial charge in [-0.1, -0.05) is 18.2 Å². The summed E-state index contributed by atoms with van der Waals surface area (Å²) in [4.78, 5) is 16.8. The monoisotopic (exact) mass is 381 g/mol. The average molecular weight is 382 g/mol. The number of para-hydroxylation sites is 1. The van der Waals surface area contributed by atoms with Crippen LogP contribution in [0.1, 0.15) is 38.7 Å². The predicted octanol–water partition coefficient (Wildman–Crippen LogP) is 2.68. The summed E-state index contributed by atoms with van der Waals surface area (Å²) < 4.78 is 5.92. The fourth-order valence-electron chi connectivity index (χ4n) is 3.69. The Hall–Kier alpha value is -1.30. The second-order valence-electron chi connectivity index (χ2n) is 7.43. The highest BCUT2D eigenvalue weighted by Gasteiger charge is 2.23. The number of hydrogen-bond donors (Lipinski definition) is 1. The normalized spacial score (nSPS) is 24.0. The molecule has 146 valence electrons. The Balaban J connectivity index is 0.00000243. The van der Waals surface area contributed by atoms with Gasteiger partial charge in [0.25, 0.3) is 5.91 Å². The number of halogens is 1. The lowest BCUT2D eigenvalue weighted by Gasteiger charge is -2.37. The standard InChI is InChI=1S/C20H31N3O2.ClH/c1-16-13-23(17(2)12-21-16)14-18-8-4-5-9-19(18)25-15-20(24)22-10-6-3-7-11-22;/h4-5,8-9,16-17,21H,3,6-7,10-15H2,1-2H3;1H/t16-,17+;/m1./s1. The van der Waals surface area contributed by atoms with Gasteiger partial charge in [0.15, 0.2) is 6.61 Å². The van der Waals surface area contributed by atoms with Gasteiger partial charge in [-0.2, -0.15) is 0 Å². The van der Waals surface area contributed by atoms with Crippen molar-refractivity contribution in [2.75, 3.05) is 32.8 Å². The van der Waals surface area contributed by atoms with E-state index in [0.717, 1.165) is 56.9 Å². The average Bonchev–Trinajstić information content (AvgIpc) is 2.64. The minimum atomic E-state index is 0. The van der Waals surface area contributed by atoms with Crippen molar-refractivity contribution in [1.29, 1.82) is 0 Å². The van der Waals surface area contributed by atoms with Crippen molar-refractivity contribution in [3.63, 3.8) is 0 Å². The molecule has 1 aromatic rings. The van der Waals surface area contributed by atoms with Crippen molar-refractivity contribution in [1.82, 2.24) is 15.1 Å². The lowest BCUT2D eigenvalue weighted by Crippen LogP contribution is -2.53. The van der Waals surface area contributed by atoms with Crippen molar-refractivity contribution in [2.45, 2.75) is 51.7 Å². The molecule has 26 heavy (non-hydrogen) atoms. The first kappa shape index (κ1) is 21.0. The zero-order chi connectivity index (χ0) is 17.6. The van der Waals surface area contributed by atoms with Crippen LogP contribution >= 0.6 is 12.4 Å². The van der Waals surface area contributed by atoms with Gasteiger partial charge in [0.05, 0.1) is 0 Å². The van der Waals surface area contributed by atoms with Crippen LogP contribution in [0.25, 0.3) is 0 Å². The lowest BCUT2D eigenvalue weighted by atomic mass is 10.1. The molecule has 0 saturated carbocycles. The molecule has 6 heteroatoms. The third-order valence-corrected chi connectivity index (χ3v) is 5.30. The minimum Gasteiger partial charge on any atom is -0.483 e. The summed E-state index contributed by atoms with van der Waals surface area (Å²) in [7, 11) is 0. The number of nitrogens with zero attached hydrogens (tertiary/aromatic N) is 2. The molecule has 5 nitrogen and oxygen atoms in total. The fraction of sp³-hybridized carbons (Fsp3) is 0.650. The summed E-state index contributed by atoms with van der Waals surface area (Å²) >= 11 is 0. The molecule has 0 spiro atoms. The van der Waals surface area contributed by atoms with E-state index in [1.807, 2.05) is 23.1 Å². The van der Waals surface area contributed by atoms with Gasteiger partial charge in [0, 0.05) is 50.4 Å². The molecule has 1 amide bonds. The molecule has 0 unspecified atom stereocenters. The Kier molecular flexibility index (Phi) is 8.19. The van der Waals surface area contributed by atoms with Crippen molar-refractivity contribution < 1.29 is 9.53 Å². The number of nitrogens with one attached hydrogen (secondary N) is 1. The second kappa shape index (κ2) is 10.1. The third kappa shape index (κ3) is 5.60. The second-order valence-corrected chi connectivity index (χ2v) is 7.43. The largest absolute Gasteiger partial charge is 0.483 e. The number of ether oxygens (including phenoxy) is 1. The van der Waals surface area contributed by atoms with Gasteiger partial charge in [-0.15, -0.1) is 12.4 Å². The van der Waals surface area contributed by atoms with E-state index in [4.69, 9.17) is 4.74 Å². The highest BCUT2D eigenvalue weighted by Crippen LogP contribution is 2.22. The molecule has 2 fully saturated rings. The van der Waals surface area contributed by atoms with Gasteiger partial charge in [0.1, 0.15) is 5.75 Å². The van der Waals surface area contributed by atoms with Crippen LogP contribution in [0.3, 0.4) is 0 Å². The molecule has 0 aromatic heterocycles. The maximum Gasteiger partial charge on any atom is 0.260 e. The summed E-state index contributed by atoms with van der Waals surface area (Å²) in [6.45, 7) is 9.27. The van der Waals surface area contributed by atoms with Crippen LogP contribution in [0.5, 0.6) is 5.75 Å². The number of carbonyl (C=O) groups excluding carboxylic acids is 1. The SMILES string of the molecule is C[C@@H]1CN(Cc2ccccc2OCC(=O)N2CCCCC2)[C@@H](C)CN1.Cl. The number of amides is 1. The molecule has 0 aliphatic carbocycles. The number of likely N-dealkylation sites (tertiary alicyclic amines) is 1. The molecule has 1 aromatic carbocycles. The molecule has 2 aliphatic rings. The number of carbonyl (C=O) groups is 1. The number of piperazine rings is 1. The highest BCUT2D eigenvalue weighted by atomic mass is 35.5. The van der Waals surface area contributed by atoms with E-state index in [0.29, 0.717) is 12.1 Å². The van der Waals surface area contributed by atoms with E-state index in [2.05, 4.69) is 30.1 Å². The van der Waals surface area contributed by atoms with E-state index in [9.17, 15) is 4.79 Å². The predicted molar refractivity (Wildman–Crippen MR) is 107 cm³/mol. The first-order chi connectivity index (χ1) is 12.1. The summed E-state index contributed by atoms with van der Waals surface area (Å²) in [5.74, 6) is 0.949. The van der Waals surface area contributed by atoms with Crippen molar-refractivity contribution in [2.24, 2.45) is 0 Å². The lowest BCUT2D eigenvalue weighted by molar-refractivity contribution is -0.134. The molecule has 3 rings (SSSR count). The Morgan fingerprint density at radius 1 is 1.19 bits per heavy atom. The van der Waals surface area contributed by atoms with Crippen molar-refractivity contribution in [3.8, 4) is 5.75 Å². The molecule has 1 N–H and O–H groups in total. The Labute approximate surface area is 163 Å². The van der Waals surface area contributed by atoms with Gasteiger partial charge < -0.3 is 15.0 Å². The van der Waals surface area contributed by atoms with E-state index >= 15 is 0 Å². The molecular weight excluding hydrogens is 350 g/mol. The van der Waals surface area contributed by atoms with Crippen LogP contribution in [0.15, 0.2) is 24.3 Å². The molecule has 2 atom stereocenters. The molecule has 2 aliphatic heterocycles. The Morgan fingerprint density at radius 2 is 1.92 bits per heavy atom. The molecule has 2 saturated heterocycles. The van der Waals surface area contributed by atoms with Crippen molar-refractivity contribution >= 4 is 18.3 Å². The zero-order valence-corrected chi connectivity index (χ0v) is 16.8. The van der Waals surface area contributed by atoms with Crippen LogP contribution in [0.2, 0.25) is 0 Å². The first-order valence-electron chi connectivity index (χ1n) is 9.59. The molecule has 0 bridgehead atoms. The smallest absolute Gasteiger partial charge is 0.260 e. The summed E-state index contributed by atoms with van der Waals surface area (Å²) in [5.41, 5.74) is 1.16. The van der Waals surface area contributed by atoms with Crippen LogP contribution < -0.4 is 10.1 Å². The number of rotatable bonds is 5. The van der Waals surface area contributed by atoms with E-state index in [1.54, 1.807) is 0 Å². The third-order valence-electron chi connectivity index (χ3n) is 5.30. The van der Waals surface area contributed by atoms with Crippen LogP contribution in [-0.2, 0) is 11.3 Å². The fourth-order valence-corrected chi connectivity index (χ4v) is 3.69. The van der Waals surface area contributed by atoms with Crippen molar-refractivity contribution in [3.05, 3.63) is 29.8 Å². The van der Waals surface area contributed by atoms with Crippen LogP contribution in [0.4, 0.5) is 0 Å². The number of benzene rings is 1. The minimum absolute atomic E-state index is 0. The molecule has 0 radical (unpaired) electrons. The topological polar surface area (TPSA) is 44.8 Å². The van der Waals surface area contributed by atoms with Crippen LogP contribution in [0, 0.1) is 0 Å². The Bertz CT molecular complexity index is 578. The maximum atomic E-state index is 12.4. The Morgan fingerprint density at radius 3 is 2.69 bits per heavy atom. The zero-order valence-electron chi connectivity index (χ0n) is 15.9.